The van der Waals surface area contributed by atoms with Gasteiger partial charge in [0.05, 0.1) is 5.92 Å². The summed E-state index contributed by atoms with van der Waals surface area (Å²) < 4.78 is 0. The Morgan fingerprint density at radius 3 is 3.12 bits per heavy atom. The Kier molecular flexibility index (Phi) is 3.56. The van der Waals surface area contributed by atoms with E-state index < -0.39 is 0 Å². The highest BCUT2D eigenvalue weighted by Gasteiger charge is 2.28. The van der Waals surface area contributed by atoms with Crippen LogP contribution in [0, 0.1) is 5.92 Å². The third-order valence-electron chi connectivity index (χ3n) is 3.20. The Hall–Kier alpha value is -1.65. The fraction of sp³-hybridized carbons (Fsp3) is 0.583. The van der Waals surface area contributed by atoms with E-state index in [-0.39, 0.29) is 11.8 Å². The highest BCUT2D eigenvalue weighted by molar-refractivity contribution is 5.79. The van der Waals surface area contributed by atoms with Crippen LogP contribution in [0.3, 0.4) is 0 Å². The molecule has 92 valence electrons. The molecule has 1 fully saturated rings. The zero-order valence-electron chi connectivity index (χ0n) is 10.3. The first-order chi connectivity index (χ1) is 8.24. The van der Waals surface area contributed by atoms with E-state index >= 15 is 0 Å². The first-order valence-corrected chi connectivity index (χ1v) is 6.02. The summed E-state index contributed by atoms with van der Waals surface area (Å²) in [6.07, 6.45) is 3.40. The Bertz CT molecular complexity index is 407. The summed E-state index contributed by atoms with van der Waals surface area (Å²) >= 11 is 0. The first-order valence-electron chi connectivity index (χ1n) is 6.02. The molecule has 2 heterocycles. The largest absolute Gasteiger partial charge is 0.359 e. The summed E-state index contributed by atoms with van der Waals surface area (Å²) in [6.45, 7) is 3.71. The molecule has 1 N–H and O–H groups in total. The maximum atomic E-state index is 11.5. The molecule has 5 heteroatoms. The van der Waals surface area contributed by atoms with Gasteiger partial charge in [-0.1, -0.05) is 6.92 Å². The molecule has 0 radical (unpaired) electrons. The van der Waals surface area contributed by atoms with Crippen LogP contribution in [0.15, 0.2) is 12.4 Å². The minimum Gasteiger partial charge on any atom is -0.359 e. The molecule has 1 amide bonds. The van der Waals surface area contributed by atoms with Gasteiger partial charge >= 0.3 is 0 Å². The quantitative estimate of drug-likeness (QED) is 0.832. The molecule has 1 unspecified atom stereocenters. The highest BCUT2D eigenvalue weighted by atomic mass is 16.1. The average molecular weight is 234 g/mol. The molecule has 1 aromatic heterocycles. The van der Waals surface area contributed by atoms with Crippen LogP contribution in [-0.2, 0) is 11.2 Å². The molecular weight excluding hydrogens is 216 g/mol. The van der Waals surface area contributed by atoms with E-state index in [1.54, 1.807) is 13.4 Å². The molecule has 1 atom stereocenters. The maximum Gasteiger partial charge on any atom is 0.224 e. The monoisotopic (exact) mass is 234 g/mol. The van der Waals surface area contributed by atoms with Gasteiger partial charge in [0.15, 0.2) is 0 Å². The number of carbonyl (C=O) groups excluding carboxylic acids is 1. The van der Waals surface area contributed by atoms with Gasteiger partial charge in [0.1, 0.15) is 12.1 Å². The second kappa shape index (κ2) is 5.12. The summed E-state index contributed by atoms with van der Waals surface area (Å²) in [6, 6.07) is 2.01. The maximum absolute atomic E-state index is 11.5. The van der Waals surface area contributed by atoms with Crippen LogP contribution in [0.1, 0.15) is 19.0 Å². The Morgan fingerprint density at radius 2 is 2.41 bits per heavy atom. The number of carbonyl (C=O) groups is 1. The van der Waals surface area contributed by atoms with E-state index in [4.69, 9.17) is 0 Å². The van der Waals surface area contributed by atoms with Crippen molar-refractivity contribution >= 4 is 11.7 Å². The molecule has 1 aromatic rings. The Labute approximate surface area is 101 Å². The van der Waals surface area contributed by atoms with Crippen molar-refractivity contribution in [2.24, 2.45) is 5.92 Å². The van der Waals surface area contributed by atoms with Gasteiger partial charge in [-0.05, 0) is 12.8 Å². The van der Waals surface area contributed by atoms with Gasteiger partial charge in [0.25, 0.3) is 0 Å². The topological polar surface area (TPSA) is 58.1 Å². The second-order valence-electron chi connectivity index (χ2n) is 4.27. The van der Waals surface area contributed by atoms with Crippen molar-refractivity contribution in [2.75, 3.05) is 25.0 Å². The molecule has 0 aliphatic carbocycles. The lowest BCUT2D eigenvalue weighted by Crippen LogP contribution is -2.30. The summed E-state index contributed by atoms with van der Waals surface area (Å²) in [4.78, 5) is 22.2. The number of nitrogens with one attached hydrogen (secondary N) is 1. The predicted molar refractivity (Wildman–Crippen MR) is 65.8 cm³/mol. The zero-order valence-corrected chi connectivity index (χ0v) is 10.3. The van der Waals surface area contributed by atoms with E-state index in [1.807, 2.05) is 6.07 Å². The van der Waals surface area contributed by atoms with Crippen LogP contribution in [0.25, 0.3) is 0 Å². The third kappa shape index (κ3) is 2.54. The van der Waals surface area contributed by atoms with Gasteiger partial charge < -0.3 is 10.2 Å². The minimum absolute atomic E-state index is 0.0834. The van der Waals surface area contributed by atoms with Crippen molar-refractivity contribution in [1.82, 2.24) is 15.3 Å². The fourth-order valence-corrected chi connectivity index (χ4v) is 2.14. The number of hydrogen-bond donors (Lipinski definition) is 1. The lowest BCUT2D eigenvalue weighted by Gasteiger charge is -2.17. The number of hydrogen-bond acceptors (Lipinski definition) is 4. The Balaban J connectivity index is 2.07. The molecular formula is C12H18N4O. The van der Waals surface area contributed by atoms with Crippen LogP contribution in [0.5, 0.6) is 0 Å². The van der Waals surface area contributed by atoms with Gasteiger partial charge in [-0.2, -0.15) is 0 Å². The molecule has 0 aromatic carbocycles. The second-order valence-corrected chi connectivity index (χ2v) is 4.27. The van der Waals surface area contributed by atoms with Crippen molar-refractivity contribution in [1.29, 1.82) is 0 Å². The number of anilines is 1. The van der Waals surface area contributed by atoms with Crippen molar-refractivity contribution in [3.63, 3.8) is 0 Å². The molecule has 0 saturated carbocycles. The number of rotatable bonds is 3. The Morgan fingerprint density at radius 1 is 1.59 bits per heavy atom. The molecule has 5 nitrogen and oxygen atoms in total. The summed E-state index contributed by atoms with van der Waals surface area (Å²) in [5, 5.41) is 2.70. The first kappa shape index (κ1) is 11.8. The molecule has 2 rings (SSSR count). The molecule has 1 saturated heterocycles. The molecule has 0 bridgehead atoms. The zero-order chi connectivity index (χ0) is 12.3. The summed E-state index contributed by atoms with van der Waals surface area (Å²) in [5.74, 6) is 1.14. The van der Waals surface area contributed by atoms with E-state index in [1.165, 1.54) is 0 Å². The summed E-state index contributed by atoms with van der Waals surface area (Å²) in [7, 11) is 1.69. The van der Waals surface area contributed by atoms with Gasteiger partial charge in [-0.25, -0.2) is 9.97 Å². The fourth-order valence-electron chi connectivity index (χ4n) is 2.14. The molecule has 1 aliphatic heterocycles. The van der Waals surface area contributed by atoms with Crippen molar-refractivity contribution < 1.29 is 4.79 Å². The van der Waals surface area contributed by atoms with E-state index in [0.717, 1.165) is 37.4 Å². The van der Waals surface area contributed by atoms with Crippen molar-refractivity contribution in [3.8, 4) is 0 Å². The standard InChI is InChI=1S/C12H18N4O/c1-3-10-6-11(15-8-14-10)16-5-4-9(7-16)12(17)13-2/h6,8-9H,3-5,7H2,1-2H3,(H,13,17). The predicted octanol–water partition coefficient (Wildman–Crippen LogP) is 0.611. The molecule has 1 aliphatic rings. The molecule has 17 heavy (non-hydrogen) atoms. The van der Waals surface area contributed by atoms with Crippen molar-refractivity contribution in [3.05, 3.63) is 18.1 Å². The highest BCUT2D eigenvalue weighted by Crippen LogP contribution is 2.22. The number of aromatic nitrogens is 2. The smallest absolute Gasteiger partial charge is 0.224 e. The van der Waals surface area contributed by atoms with Crippen LogP contribution >= 0.6 is 0 Å². The molecule has 0 spiro atoms. The average Bonchev–Trinajstić information content (AvgIpc) is 2.87. The summed E-state index contributed by atoms with van der Waals surface area (Å²) in [5.41, 5.74) is 1.04. The minimum atomic E-state index is 0.0834. The number of nitrogens with zero attached hydrogens (tertiary/aromatic N) is 3. The van der Waals surface area contributed by atoms with Gasteiger partial charge in [0, 0.05) is 31.9 Å². The van der Waals surface area contributed by atoms with Gasteiger partial charge in [-0.15, -0.1) is 0 Å². The lowest BCUT2D eigenvalue weighted by atomic mass is 10.1. The van der Waals surface area contributed by atoms with Gasteiger partial charge in [-0.3, -0.25) is 4.79 Å². The normalized spacial score (nSPS) is 19.4. The van der Waals surface area contributed by atoms with Crippen LogP contribution in [0.4, 0.5) is 5.82 Å². The lowest BCUT2D eigenvalue weighted by molar-refractivity contribution is -0.123. The van der Waals surface area contributed by atoms with E-state index in [2.05, 4.69) is 27.1 Å². The van der Waals surface area contributed by atoms with Crippen molar-refractivity contribution in [2.45, 2.75) is 19.8 Å². The number of aryl methyl sites for hydroxylation is 1. The van der Waals surface area contributed by atoms with Crippen LogP contribution in [0.2, 0.25) is 0 Å². The van der Waals surface area contributed by atoms with Gasteiger partial charge in [0.2, 0.25) is 5.91 Å². The van der Waals surface area contributed by atoms with Crippen LogP contribution in [-0.4, -0.2) is 36.0 Å². The third-order valence-corrected chi connectivity index (χ3v) is 3.20. The van der Waals surface area contributed by atoms with Crippen LogP contribution < -0.4 is 10.2 Å². The number of amides is 1. The SMILES string of the molecule is CCc1cc(N2CCC(C(=O)NC)C2)ncn1. The van der Waals surface area contributed by atoms with E-state index in [0.29, 0.717) is 0 Å². The van der Waals surface area contributed by atoms with E-state index in [9.17, 15) is 4.79 Å².